The number of carbonyl (C=O) groups is 2. The van der Waals surface area contributed by atoms with Gasteiger partial charge in [0.2, 0.25) is 0 Å². The van der Waals surface area contributed by atoms with Gasteiger partial charge in [-0.15, -0.1) is 0 Å². The number of ketones is 1. The van der Waals surface area contributed by atoms with E-state index in [0.717, 1.165) is 11.4 Å². The number of amides is 1. The van der Waals surface area contributed by atoms with Crippen LogP contribution < -0.4 is 24.2 Å². The van der Waals surface area contributed by atoms with Crippen LogP contribution in [0.2, 0.25) is 0 Å². The largest absolute Gasteiger partial charge is 0.507 e. The molecule has 8 nitrogen and oxygen atoms in total. The molecule has 1 saturated heterocycles. The molecule has 0 aliphatic carbocycles. The van der Waals surface area contributed by atoms with Gasteiger partial charge in [0.1, 0.15) is 23.9 Å². The Morgan fingerprint density at radius 2 is 1.84 bits per heavy atom. The van der Waals surface area contributed by atoms with Crippen LogP contribution in [0.15, 0.2) is 72.3 Å². The van der Waals surface area contributed by atoms with E-state index in [2.05, 4.69) is 0 Å². The molecule has 1 N–H and O–H groups in total. The predicted molar refractivity (Wildman–Crippen MR) is 148 cm³/mol. The highest BCUT2D eigenvalue weighted by Gasteiger charge is 2.47. The van der Waals surface area contributed by atoms with Crippen LogP contribution in [-0.4, -0.2) is 57.7 Å². The molecule has 0 spiro atoms. The Hall–Kier alpha value is -4.46. The van der Waals surface area contributed by atoms with E-state index in [4.69, 9.17) is 9.47 Å². The summed E-state index contributed by atoms with van der Waals surface area (Å²) >= 11 is 0. The van der Waals surface area contributed by atoms with Crippen molar-refractivity contribution < 1.29 is 24.2 Å². The van der Waals surface area contributed by atoms with Gasteiger partial charge < -0.3 is 24.4 Å². The van der Waals surface area contributed by atoms with Crippen molar-refractivity contribution in [2.75, 3.05) is 55.6 Å². The molecule has 2 heterocycles. The lowest BCUT2D eigenvalue weighted by atomic mass is 9.94. The van der Waals surface area contributed by atoms with Crippen LogP contribution in [-0.2, 0) is 9.59 Å². The number of ether oxygens (including phenoxy) is 2. The minimum Gasteiger partial charge on any atom is -0.507 e. The van der Waals surface area contributed by atoms with Crippen LogP contribution in [0, 0.1) is 0 Å². The number of nitrogens with zero attached hydrogens (tertiary/aromatic N) is 3. The molecule has 1 unspecified atom stereocenters. The second kappa shape index (κ2) is 10.1. The van der Waals surface area contributed by atoms with Crippen molar-refractivity contribution in [2.45, 2.75) is 13.0 Å². The summed E-state index contributed by atoms with van der Waals surface area (Å²) < 4.78 is 11.4. The van der Waals surface area contributed by atoms with E-state index >= 15 is 0 Å². The van der Waals surface area contributed by atoms with Gasteiger partial charge in [0, 0.05) is 38.1 Å². The molecule has 1 amide bonds. The fourth-order valence-electron chi connectivity index (χ4n) is 4.92. The van der Waals surface area contributed by atoms with Crippen LogP contribution >= 0.6 is 0 Å². The highest BCUT2D eigenvalue weighted by atomic mass is 16.5. The lowest BCUT2D eigenvalue weighted by molar-refractivity contribution is -0.132. The summed E-state index contributed by atoms with van der Waals surface area (Å²) in [5.41, 5.74) is 3.45. The van der Waals surface area contributed by atoms with Crippen molar-refractivity contribution in [3.63, 3.8) is 0 Å². The van der Waals surface area contributed by atoms with E-state index in [1.165, 1.54) is 4.90 Å². The van der Waals surface area contributed by atoms with Crippen molar-refractivity contribution >= 4 is 34.5 Å². The van der Waals surface area contributed by atoms with Crippen molar-refractivity contribution in [1.29, 1.82) is 0 Å². The van der Waals surface area contributed by atoms with E-state index < -0.39 is 17.7 Å². The van der Waals surface area contributed by atoms with Crippen molar-refractivity contribution in [2.24, 2.45) is 0 Å². The number of aliphatic hydroxyl groups is 1. The third-order valence-corrected chi connectivity index (χ3v) is 6.90. The highest BCUT2D eigenvalue weighted by Crippen LogP contribution is 2.44. The van der Waals surface area contributed by atoms with Crippen LogP contribution in [0.1, 0.15) is 24.1 Å². The minimum atomic E-state index is -0.842. The zero-order valence-corrected chi connectivity index (χ0v) is 22.0. The molecule has 1 atom stereocenters. The lowest BCUT2D eigenvalue weighted by Crippen LogP contribution is -2.29. The zero-order chi connectivity index (χ0) is 27.0. The summed E-state index contributed by atoms with van der Waals surface area (Å²) in [5, 5.41) is 11.6. The number of likely N-dealkylation sites (N-methyl/N-ethyl adjacent to an activating group) is 1. The number of fused-ring (bicyclic) bond motifs is 1. The average molecular weight is 514 g/mol. The maximum Gasteiger partial charge on any atom is 0.300 e. The number of rotatable bonds is 6. The molecule has 1 fully saturated rings. The number of aliphatic hydroxyl groups excluding tert-OH is 1. The summed E-state index contributed by atoms with van der Waals surface area (Å²) in [5.74, 6) is -0.351. The second-order valence-corrected chi connectivity index (χ2v) is 9.54. The molecular weight excluding hydrogens is 482 g/mol. The Bertz CT molecular complexity index is 1410. The molecule has 38 heavy (non-hydrogen) atoms. The average Bonchev–Trinajstić information content (AvgIpc) is 3.19. The van der Waals surface area contributed by atoms with E-state index in [0.29, 0.717) is 48.1 Å². The van der Waals surface area contributed by atoms with E-state index in [-0.39, 0.29) is 11.3 Å². The zero-order valence-electron chi connectivity index (χ0n) is 22.0. The standard InChI is InChI=1S/C30H31N3O5/c1-5-37-23-8-6-7-19(17-23)27-26(28(34)20-9-14-25-24(18-20)32(4)15-16-38-25)29(35)30(36)33(27)22-12-10-21(11-13-22)31(2)3/h6-14,17-18,27,34H,5,15-16H2,1-4H3/b28-26-. The van der Waals surface area contributed by atoms with Crippen molar-refractivity contribution in [1.82, 2.24) is 0 Å². The molecule has 0 aromatic heterocycles. The SMILES string of the molecule is CCOc1cccc(C2/C(=C(/O)c3ccc4c(c3)N(C)CCO4)C(=O)C(=O)N2c2ccc(N(C)C)cc2)c1. The third-order valence-electron chi connectivity index (χ3n) is 6.90. The van der Waals surface area contributed by atoms with Crippen LogP contribution in [0.25, 0.3) is 5.76 Å². The van der Waals surface area contributed by atoms with Gasteiger partial charge in [-0.05, 0) is 67.1 Å². The summed E-state index contributed by atoms with van der Waals surface area (Å²) in [6.45, 7) is 3.64. The Labute approximate surface area is 222 Å². The molecule has 0 radical (unpaired) electrons. The molecule has 196 valence electrons. The molecule has 2 aliphatic heterocycles. The first-order valence-electron chi connectivity index (χ1n) is 12.6. The van der Waals surface area contributed by atoms with E-state index in [9.17, 15) is 14.7 Å². The Morgan fingerprint density at radius 1 is 1.08 bits per heavy atom. The normalized spacial score (nSPS) is 18.3. The maximum absolute atomic E-state index is 13.5. The van der Waals surface area contributed by atoms with Gasteiger partial charge in [-0.3, -0.25) is 14.5 Å². The quantitative estimate of drug-likeness (QED) is 0.293. The highest BCUT2D eigenvalue weighted by molar-refractivity contribution is 6.51. The van der Waals surface area contributed by atoms with Crippen molar-refractivity contribution in [3.8, 4) is 11.5 Å². The summed E-state index contributed by atoms with van der Waals surface area (Å²) in [6, 6.07) is 19.1. The fourth-order valence-corrected chi connectivity index (χ4v) is 4.92. The van der Waals surface area contributed by atoms with Gasteiger partial charge in [0.05, 0.1) is 30.5 Å². The van der Waals surface area contributed by atoms with E-state index in [1.54, 1.807) is 18.2 Å². The molecule has 0 saturated carbocycles. The molecule has 8 heteroatoms. The van der Waals surface area contributed by atoms with Crippen molar-refractivity contribution in [3.05, 3.63) is 83.4 Å². The molecule has 5 rings (SSSR count). The smallest absolute Gasteiger partial charge is 0.300 e. The first-order chi connectivity index (χ1) is 18.3. The molecule has 2 aliphatic rings. The third kappa shape index (κ3) is 4.42. The lowest BCUT2D eigenvalue weighted by Gasteiger charge is -2.28. The monoisotopic (exact) mass is 513 g/mol. The first-order valence-corrected chi connectivity index (χ1v) is 12.6. The van der Waals surface area contributed by atoms with Gasteiger partial charge in [-0.2, -0.15) is 0 Å². The van der Waals surface area contributed by atoms with Gasteiger partial charge >= 0.3 is 0 Å². The molecule has 0 bridgehead atoms. The number of carbonyl (C=O) groups excluding carboxylic acids is 2. The summed E-state index contributed by atoms with van der Waals surface area (Å²) in [7, 11) is 5.81. The summed E-state index contributed by atoms with van der Waals surface area (Å²) in [4.78, 5) is 32.5. The van der Waals surface area contributed by atoms with Crippen LogP contribution in [0.5, 0.6) is 11.5 Å². The molecular formula is C30H31N3O5. The van der Waals surface area contributed by atoms with Crippen LogP contribution in [0.3, 0.4) is 0 Å². The minimum absolute atomic E-state index is 0.0275. The van der Waals surface area contributed by atoms with Gasteiger partial charge in [0.15, 0.2) is 0 Å². The number of Topliss-reactive ketones (excluding diaryl/α,β-unsaturated/α-hetero) is 1. The van der Waals surface area contributed by atoms with E-state index in [1.807, 2.05) is 86.4 Å². The Balaban J connectivity index is 1.68. The van der Waals surface area contributed by atoms with Crippen LogP contribution in [0.4, 0.5) is 17.1 Å². The van der Waals surface area contributed by atoms with Gasteiger partial charge in [-0.1, -0.05) is 12.1 Å². The summed E-state index contributed by atoms with van der Waals surface area (Å²) in [6.07, 6.45) is 0. The number of anilines is 3. The molecule has 3 aromatic rings. The number of hydrogen-bond donors (Lipinski definition) is 1. The second-order valence-electron chi connectivity index (χ2n) is 9.54. The number of hydrogen-bond acceptors (Lipinski definition) is 7. The number of benzene rings is 3. The fraction of sp³-hybridized carbons (Fsp3) is 0.267. The maximum atomic E-state index is 13.5. The van der Waals surface area contributed by atoms with Gasteiger partial charge in [0.25, 0.3) is 11.7 Å². The topological polar surface area (TPSA) is 82.5 Å². The molecule has 3 aromatic carbocycles. The predicted octanol–water partition coefficient (Wildman–Crippen LogP) is 4.61. The Kier molecular flexibility index (Phi) is 6.72. The van der Waals surface area contributed by atoms with Gasteiger partial charge in [-0.25, -0.2) is 0 Å². The first kappa shape index (κ1) is 25.2. The Morgan fingerprint density at radius 3 is 2.55 bits per heavy atom.